The van der Waals surface area contributed by atoms with Gasteiger partial charge in [0.05, 0.1) is 5.69 Å². The van der Waals surface area contributed by atoms with Crippen LogP contribution < -0.4 is 0 Å². The van der Waals surface area contributed by atoms with E-state index < -0.39 is 0 Å². The Morgan fingerprint density at radius 1 is 1.27 bits per heavy atom. The van der Waals surface area contributed by atoms with Crippen LogP contribution in [0.3, 0.4) is 0 Å². The first-order valence-electron chi connectivity index (χ1n) is 4.70. The van der Waals surface area contributed by atoms with E-state index in [0.29, 0.717) is 6.42 Å². The number of H-pyrrole nitrogens is 1. The number of halogens is 1. The molecule has 4 heteroatoms. The summed E-state index contributed by atoms with van der Waals surface area (Å²) in [6.07, 6.45) is 0.615. The summed E-state index contributed by atoms with van der Waals surface area (Å²) in [7, 11) is 0. The number of aliphatic hydroxyl groups excluding tert-OH is 1. The third-order valence-corrected chi connectivity index (χ3v) is 2.68. The van der Waals surface area contributed by atoms with Gasteiger partial charge >= 0.3 is 0 Å². The SMILES string of the molecule is OCCc1cc(-c2ccc(Br)cc2)n[nH]1. The largest absolute Gasteiger partial charge is 0.396 e. The van der Waals surface area contributed by atoms with Crippen molar-refractivity contribution in [1.82, 2.24) is 10.2 Å². The number of aromatic amines is 1. The van der Waals surface area contributed by atoms with Crippen molar-refractivity contribution in [2.75, 3.05) is 6.61 Å². The predicted molar refractivity (Wildman–Crippen MR) is 62.5 cm³/mol. The van der Waals surface area contributed by atoms with E-state index in [0.717, 1.165) is 21.4 Å². The van der Waals surface area contributed by atoms with E-state index >= 15 is 0 Å². The highest BCUT2D eigenvalue weighted by atomic mass is 79.9. The third kappa shape index (κ3) is 2.46. The molecule has 1 aromatic heterocycles. The van der Waals surface area contributed by atoms with Gasteiger partial charge in [-0.1, -0.05) is 28.1 Å². The van der Waals surface area contributed by atoms with Crippen LogP contribution in [-0.4, -0.2) is 21.9 Å². The van der Waals surface area contributed by atoms with Crippen LogP contribution in [-0.2, 0) is 6.42 Å². The van der Waals surface area contributed by atoms with Crippen molar-refractivity contribution >= 4 is 15.9 Å². The number of benzene rings is 1. The molecule has 0 saturated carbocycles. The van der Waals surface area contributed by atoms with Gasteiger partial charge in [-0.15, -0.1) is 0 Å². The molecule has 0 aliphatic carbocycles. The van der Waals surface area contributed by atoms with Gasteiger partial charge in [-0.3, -0.25) is 5.10 Å². The smallest absolute Gasteiger partial charge is 0.0923 e. The number of rotatable bonds is 3. The Kier molecular flexibility index (Phi) is 3.18. The number of aliphatic hydroxyl groups is 1. The minimum atomic E-state index is 0.141. The molecule has 0 amide bonds. The standard InChI is InChI=1S/C11H11BrN2O/c12-9-3-1-8(2-4-9)11-7-10(5-6-15)13-14-11/h1-4,7,15H,5-6H2,(H,13,14). The zero-order valence-electron chi connectivity index (χ0n) is 8.07. The normalized spacial score (nSPS) is 10.5. The Morgan fingerprint density at radius 2 is 2.00 bits per heavy atom. The first kappa shape index (κ1) is 10.4. The highest BCUT2D eigenvalue weighted by molar-refractivity contribution is 9.10. The lowest BCUT2D eigenvalue weighted by molar-refractivity contribution is 0.298. The molecule has 78 valence electrons. The van der Waals surface area contributed by atoms with Crippen molar-refractivity contribution < 1.29 is 5.11 Å². The van der Waals surface area contributed by atoms with Crippen LogP contribution >= 0.6 is 15.9 Å². The van der Waals surface area contributed by atoms with Crippen molar-refractivity contribution in [1.29, 1.82) is 0 Å². The monoisotopic (exact) mass is 266 g/mol. The number of nitrogens with one attached hydrogen (secondary N) is 1. The number of hydrogen-bond donors (Lipinski definition) is 2. The van der Waals surface area contributed by atoms with Gasteiger partial charge in [0, 0.05) is 28.8 Å². The van der Waals surface area contributed by atoms with E-state index in [2.05, 4.69) is 26.1 Å². The van der Waals surface area contributed by atoms with Crippen LogP contribution in [0.5, 0.6) is 0 Å². The number of hydrogen-bond acceptors (Lipinski definition) is 2. The van der Waals surface area contributed by atoms with E-state index in [-0.39, 0.29) is 6.61 Å². The number of nitrogens with zero attached hydrogens (tertiary/aromatic N) is 1. The Labute approximate surface area is 96.3 Å². The van der Waals surface area contributed by atoms with Crippen LogP contribution in [0.2, 0.25) is 0 Å². The molecular formula is C11H11BrN2O. The molecule has 0 saturated heterocycles. The topological polar surface area (TPSA) is 48.9 Å². The van der Waals surface area contributed by atoms with Gasteiger partial charge in [-0.25, -0.2) is 0 Å². The first-order valence-corrected chi connectivity index (χ1v) is 5.50. The fourth-order valence-corrected chi connectivity index (χ4v) is 1.64. The zero-order chi connectivity index (χ0) is 10.7. The molecule has 0 aliphatic rings. The summed E-state index contributed by atoms with van der Waals surface area (Å²) < 4.78 is 1.05. The predicted octanol–water partition coefficient (Wildman–Crippen LogP) is 2.37. The summed E-state index contributed by atoms with van der Waals surface area (Å²) in [5.41, 5.74) is 2.93. The first-order chi connectivity index (χ1) is 7.29. The molecule has 2 aromatic rings. The molecule has 1 aromatic carbocycles. The summed E-state index contributed by atoms with van der Waals surface area (Å²) in [6, 6.07) is 9.93. The second kappa shape index (κ2) is 4.59. The molecule has 3 nitrogen and oxygen atoms in total. The van der Waals surface area contributed by atoms with E-state index in [1.165, 1.54) is 0 Å². The minimum Gasteiger partial charge on any atom is -0.396 e. The van der Waals surface area contributed by atoms with Crippen LogP contribution in [0, 0.1) is 0 Å². The highest BCUT2D eigenvalue weighted by Crippen LogP contribution is 2.20. The van der Waals surface area contributed by atoms with Crippen molar-refractivity contribution in [3.8, 4) is 11.3 Å². The summed E-state index contributed by atoms with van der Waals surface area (Å²) in [5, 5.41) is 15.9. The van der Waals surface area contributed by atoms with Crippen molar-refractivity contribution in [3.05, 3.63) is 40.5 Å². The highest BCUT2D eigenvalue weighted by Gasteiger charge is 2.02. The van der Waals surface area contributed by atoms with Gasteiger partial charge in [0.15, 0.2) is 0 Å². The average Bonchev–Trinajstić information content (AvgIpc) is 2.68. The molecule has 0 unspecified atom stereocenters. The zero-order valence-corrected chi connectivity index (χ0v) is 9.66. The van der Waals surface area contributed by atoms with E-state index in [1.807, 2.05) is 30.3 Å². The van der Waals surface area contributed by atoms with Gasteiger partial charge in [0.25, 0.3) is 0 Å². The van der Waals surface area contributed by atoms with Gasteiger partial charge < -0.3 is 5.11 Å². The van der Waals surface area contributed by atoms with Gasteiger partial charge in [-0.05, 0) is 18.2 Å². The molecule has 0 spiro atoms. The minimum absolute atomic E-state index is 0.141. The summed E-state index contributed by atoms with van der Waals surface area (Å²) >= 11 is 3.39. The second-order valence-electron chi connectivity index (χ2n) is 3.26. The van der Waals surface area contributed by atoms with Crippen molar-refractivity contribution in [3.63, 3.8) is 0 Å². The Morgan fingerprint density at radius 3 is 2.67 bits per heavy atom. The molecule has 15 heavy (non-hydrogen) atoms. The Hall–Kier alpha value is -1.13. The van der Waals surface area contributed by atoms with Crippen LogP contribution in [0.4, 0.5) is 0 Å². The summed E-state index contributed by atoms with van der Waals surface area (Å²) in [6.45, 7) is 0.141. The molecule has 0 bridgehead atoms. The van der Waals surface area contributed by atoms with Gasteiger partial charge in [-0.2, -0.15) is 5.10 Å². The lowest BCUT2D eigenvalue weighted by atomic mass is 10.1. The maximum atomic E-state index is 8.78. The maximum Gasteiger partial charge on any atom is 0.0923 e. The van der Waals surface area contributed by atoms with Crippen molar-refractivity contribution in [2.24, 2.45) is 0 Å². The molecule has 0 fully saturated rings. The van der Waals surface area contributed by atoms with Crippen LogP contribution in [0.25, 0.3) is 11.3 Å². The van der Waals surface area contributed by atoms with Gasteiger partial charge in [0.1, 0.15) is 0 Å². The quantitative estimate of drug-likeness (QED) is 0.896. The maximum absolute atomic E-state index is 8.78. The van der Waals surface area contributed by atoms with Crippen LogP contribution in [0.1, 0.15) is 5.69 Å². The van der Waals surface area contributed by atoms with Crippen LogP contribution in [0.15, 0.2) is 34.8 Å². The lowest BCUT2D eigenvalue weighted by Gasteiger charge is -1.95. The molecular weight excluding hydrogens is 256 g/mol. The Balaban J connectivity index is 2.25. The molecule has 0 aliphatic heterocycles. The van der Waals surface area contributed by atoms with E-state index in [4.69, 9.17) is 5.11 Å². The van der Waals surface area contributed by atoms with E-state index in [9.17, 15) is 0 Å². The summed E-state index contributed by atoms with van der Waals surface area (Å²) in [4.78, 5) is 0. The third-order valence-electron chi connectivity index (χ3n) is 2.15. The fraction of sp³-hybridized carbons (Fsp3) is 0.182. The molecule has 1 heterocycles. The fourth-order valence-electron chi connectivity index (χ4n) is 1.38. The number of aromatic nitrogens is 2. The molecule has 2 N–H and O–H groups in total. The molecule has 0 radical (unpaired) electrons. The molecule has 2 rings (SSSR count). The Bertz CT molecular complexity index is 436. The summed E-state index contributed by atoms with van der Waals surface area (Å²) in [5.74, 6) is 0. The average molecular weight is 267 g/mol. The lowest BCUT2D eigenvalue weighted by Crippen LogP contribution is -1.89. The second-order valence-corrected chi connectivity index (χ2v) is 4.17. The van der Waals surface area contributed by atoms with Crippen molar-refractivity contribution in [2.45, 2.75) is 6.42 Å². The van der Waals surface area contributed by atoms with E-state index in [1.54, 1.807) is 0 Å². The molecule has 0 atom stereocenters. The van der Waals surface area contributed by atoms with Gasteiger partial charge in [0.2, 0.25) is 0 Å².